The van der Waals surface area contributed by atoms with Crippen molar-refractivity contribution >= 4 is 5.78 Å². The summed E-state index contributed by atoms with van der Waals surface area (Å²) in [4.78, 5) is 15.9. The van der Waals surface area contributed by atoms with E-state index in [9.17, 15) is 4.79 Å². The van der Waals surface area contributed by atoms with Crippen LogP contribution in [0.1, 0.15) is 38.9 Å². The molecule has 3 heteroatoms. The van der Waals surface area contributed by atoms with Crippen LogP contribution in [-0.4, -0.2) is 15.3 Å². The van der Waals surface area contributed by atoms with Gasteiger partial charge in [0.15, 0.2) is 5.78 Å². The molecule has 0 saturated heterocycles. The third-order valence-corrected chi connectivity index (χ3v) is 3.31. The molecule has 0 aliphatic heterocycles. The minimum absolute atomic E-state index is 0.128. The van der Waals surface area contributed by atoms with E-state index in [1.807, 2.05) is 30.1 Å². The highest BCUT2D eigenvalue weighted by Gasteiger charge is 2.27. The van der Waals surface area contributed by atoms with E-state index in [1.165, 1.54) is 5.57 Å². The summed E-state index contributed by atoms with van der Waals surface area (Å²) in [5, 5.41) is 0. The zero-order valence-electron chi connectivity index (χ0n) is 10.9. The van der Waals surface area contributed by atoms with E-state index in [0.29, 0.717) is 6.42 Å². The van der Waals surface area contributed by atoms with Crippen molar-refractivity contribution < 1.29 is 4.79 Å². The van der Waals surface area contributed by atoms with Crippen LogP contribution in [0, 0.1) is 5.41 Å². The highest BCUT2D eigenvalue weighted by Crippen LogP contribution is 2.35. The normalized spacial score (nSPS) is 19.2. The van der Waals surface area contributed by atoms with Crippen molar-refractivity contribution in [2.24, 2.45) is 12.5 Å². The molecule has 0 spiro atoms. The van der Waals surface area contributed by atoms with Crippen LogP contribution in [0.4, 0.5) is 0 Å². The summed E-state index contributed by atoms with van der Waals surface area (Å²) in [6.07, 6.45) is 9.19. The number of carbonyl (C=O) groups excluding carboxylic acids is 1. The van der Waals surface area contributed by atoms with Gasteiger partial charge in [-0.1, -0.05) is 19.4 Å². The molecular formula is C14H20N2O. The van der Waals surface area contributed by atoms with Gasteiger partial charge in [-0.3, -0.25) is 4.79 Å². The Bertz CT molecular complexity index is 455. The van der Waals surface area contributed by atoms with Crippen LogP contribution in [0.5, 0.6) is 0 Å². The van der Waals surface area contributed by atoms with Crippen molar-refractivity contribution in [3.63, 3.8) is 0 Å². The molecule has 17 heavy (non-hydrogen) atoms. The number of aromatic nitrogens is 2. The lowest BCUT2D eigenvalue weighted by molar-refractivity contribution is -0.117. The lowest BCUT2D eigenvalue weighted by Crippen LogP contribution is -2.22. The van der Waals surface area contributed by atoms with Crippen LogP contribution in [0.3, 0.4) is 0 Å². The van der Waals surface area contributed by atoms with Gasteiger partial charge in [-0.25, -0.2) is 4.98 Å². The lowest BCUT2D eigenvalue weighted by atomic mass is 9.76. The van der Waals surface area contributed by atoms with Crippen LogP contribution in [0.25, 0.3) is 0 Å². The van der Waals surface area contributed by atoms with E-state index in [2.05, 4.69) is 18.8 Å². The number of ketones is 1. The minimum atomic E-state index is 0.128. The predicted molar refractivity (Wildman–Crippen MR) is 67.6 cm³/mol. The van der Waals surface area contributed by atoms with Gasteiger partial charge in [0.05, 0.1) is 0 Å². The molecule has 0 N–H and O–H groups in total. The number of aryl methyl sites for hydroxylation is 2. The van der Waals surface area contributed by atoms with Gasteiger partial charge in [0.1, 0.15) is 5.82 Å². The number of allylic oxidation sites excluding steroid dienone is 2. The summed E-state index contributed by atoms with van der Waals surface area (Å²) in [6, 6.07) is 0. The van der Waals surface area contributed by atoms with Crippen molar-refractivity contribution in [1.29, 1.82) is 0 Å². The number of hydrogen-bond acceptors (Lipinski definition) is 2. The topological polar surface area (TPSA) is 34.9 Å². The maximum Gasteiger partial charge on any atom is 0.156 e. The molecule has 0 atom stereocenters. The highest BCUT2D eigenvalue weighted by molar-refractivity contribution is 5.91. The molecule has 0 unspecified atom stereocenters. The maximum atomic E-state index is 11.6. The Labute approximate surface area is 103 Å². The fraction of sp³-hybridized carbons (Fsp3) is 0.571. The Morgan fingerprint density at radius 2 is 2.12 bits per heavy atom. The molecule has 0 fully saturated rings. The number of carbonyl (C=O) groups is 1. The quantitative estimate of drug-likeness (QED) is 0.803. The van der Waals surface area contributed by atoms with E-state index in [4.69, 9.17) is 0 Å². The molecule has 2 rings (SSSR count). The van der Waals surface area contributed by atoms with Gasteiger partial charge < -0.3 is 4.57 Å². The summed E-state index contributed by atoms with van der Waals surface area (Å²) in [6.45, 7) is 4.33. The second kappa shape index (κ2) is 4.47. The van der Waals surface area contributed by atoms with Gasteiger partial charge in [-0.05, 0) is 24.3 Å². The fourth-order valence-corrected chi connectivity index (χ4v) is 2.55. The van der Waals surface area contributed by atoms with E-state index < -0.39 is 0 Å². The molecule has 3 nitrogen and oxygen atoms in total. The van der Waals surface area contributed by atoms with Crippen LogP contribution in [0.15, 0.2) is 24.0 Å². The van der Waals surface area contributed by atoms with Crippen molar-refractivity contribution in [3.05, 3.63) is 29.9 Å². The molecule has 1 aliphatic carbocycles. The summed E-state index contributed by atoms with van der Waals surface area (Å²) < 4.78 is 2.04. The summed E-state index contributed by atoms with van der Waals surface area (Å²) in [5.74, 6) is 1.36. The lowest BCUT2D eigenvalue weighted by Gasteiger charge is -2.28. The van der Waals surface area contributed by atoms with E-state index in [-0.39, 0.29) is 11.2 Å². The number of hydrogen-bond donors (Lipinski definition) is 0. The third kappa shape index (κ3) is 3.05. The number of nitrogens with zero attached hydrogens (tertiary/aromatic N) is 2. The molecule has 92 valence electrons. The Morgan fingerprint density at radius 1 is 1.35 bits per heavy atom. The molecule has 0 aromatic carbocycles. The molecule has 0 saturated carbocycles. The molecule has 0 amide bonds. The molecule has 1 aromatic rings. The number of rotatable bonds is 3. The van der Waals surface area contributed by atoms with Gasteiger partial charge in [0.25, 0.3) is 0 Å². The van der Waals surface area contributed by atoms with Crippen LogP contribution >= 0.6 is 0 Å². The largest absolute Gasteiger partial charge is 0.338 e. The van der Waals surface area contributed by atoms with Gasteiger partial charge >= 0.3 is 0 Å². The van der Waals surface area contributed by atoms with Gasteiger partial charge in [0.2, 0.25) is 0 Å². The average molecular weight is 232 g/mol. The molecule has 1 aromatic heterocycles. The van der Waals surface area contributed by atoms with Gasteiger partial charge in [0, 0.05) is 32.3 Å². The molecule has 0 bridgehead atoms. The first kappa shape index (κ1) is 12.1. The Kier molecular flexibility index (Phi) is 3.18. The van der Waals surface area contributed by atoms with Crippen LogP contribution < -0.4 is 0 Å². The number of imidazole rings is 1. The molecule has 1 aliphatic rings. The first-order valence-electron chi connectivity index (χ1n) is 6.15. The summed E-state index contributed by atoms with van der Waals surface area (Å²) >= 11 is 0. The predicted octanol–water partition coefficient (Wildman–Crippen LogP) is 2.67. The highest BCUT2D eigenvalue weighted by atomic mass is 16.1. The third-order valence-electron chi connectivity index (χ3n) is 3.31. The van der Waals surface area contributed by atoms with Crippen LogP contribution in [-0.2, 0) is 18.3 Å². The van der Waals surface area contributed by atoms with Gasteiger partial charge in [-0.15, -0.1) is 0 Å². The Morgan fingerprint density at radius 3 is 2.71 bits per heavy atom. The smallest absolute Gasteiger partial charge is 0.156 e. The van der Waals surface area contributed by atoms with Crippen molar-refractivity contribution in [3.8, 4) is 0 Å². The maximum absolute atomic E-state index is 11.6. The van der Waals surface area contributed by atoms with Gasteiger partial charge in [-0.2, -0.15) is 0 Å². The second-order valence-electron chi connectivity index (χ2n) is 5.74. The van der Waals surface area contributed by atoms with Crippen molar-refractivity contribution in [1.82, 2.24) is 9.55 Å². The molecule has 1 heterocycles. The zero-order chi connectivity index (χ0) is 12.5. The first-order valence-corrected chi connectivity index (χ1v) is 6.15. The zero-order valence-corrected chi connectivity index (χ0v) is 10.9. The first-order chi connectivity index (χ1) is 7.96. The van der Waals surface area contributed by atoms with Crippen LogP contribution in [0.2, 0.25) is 0 Å². The minimum Gasteiger partial charge on any atom is -0.338 e. The summed E-state index contributed by atoms with van der Waals surface area (Å²) in [7, 11) is 2.01. The van der Waals surface area contributed by atoms with E-state index in [1.54, 1.807) is 0 Å². The SMILES string of the molecule is Cn1ccnc1CCC1=CC(=O)CC(C)(C)C1. The van der Waals surface area contributed by atoms with E-state index in [0.717, 1.165) is 25.1 Å². The Hall–Kier alpha value is -1.38. The Balaban J connectivity index is 2.00. The second-order valence-corrected chi connectivity index (χ2v) is 5.74. The molecular weight excluding hydrogens is 212 g/mol. The molecule has 0 radical (unpaired) electrons. The fourth-order valence-electron chi connectivity index (χ4n) is 2.55. The summed E-state index contributed by atoms with van der Waals surface area (Å²) in [5.41, 5.74) is 1.40. The van der Waals surface area contributed by atoms with E-state index >= 15 is 0 Å². The average Bonchev–Trinajstić information content (AvgIpc) is 2.58. The van der Waals surface area contributed by atoms with Crippen molar-refractivity contribution in [2.75, 3.05) is 0 Å². The van der Waals surface area contributed by atoms with Crippen molar-refractivity contribution in [2.45, 2.75) is 39.5 Å². The monoisotopic (exact) mass is 232 g/mol. The standard InChI is InChI=1S/C14H20N2O/c1-14(2)9-11(8-12(17)10-14)4-5-13-15-6-7-16(13)3/h6-8H,4-5,9-10H2,1-3H3.